The smallest absolute Gasteiger partial charge is 0.0597 e. The van der Waals surface area contributed by atoms with Crippen LogP contribution in [-0.2, 0) is 9.47 Å². The van der Waals surface area contributed by atoms with Crippen LogP contribution in [0.1, 0.15) is 52.9 Å². The second-order valence-corrected chi connectivity index (χ2v) is 6.44. The van der Waals surface area contributed by atoms with E-state index in [-0.39, 0.29) is 0 Å². The van der Waals surface area contributed by atoms with E-state index in [2.05, 4.69) is 33.1 Å². The fourth-order valence-electron chi connectivity index (χ4n) is 3.95. The van der Waals surface area contributed by atoms with Crippen molar-refractivity contribution in [3.05, 3.63) is 0 Å². The van der Waals surface area contributed by atoms with Gasteiger partial charge in [-0.3, -0.25) is 0 Å². The molecule has 2 aliphatic rings. The molecule has 2 saturated heterocycles. The van der Waals surface area contributed by atoms with Crippen molar-refractivity contribution in [3.8, 4) is 0 Å². The molecule has 2 heterocycles. The van der Waals surface area contributed by atoms with E-state index >= 15 is 0 Å². The lowest BCUT2D eigenvalue weighted by atomic mass is 9.81. The Morgan fingerprint density at radius 3 is 2.53 bits per heavy atom. The molecular weight excluding hydrogens is 238 g/mol. The summed E-state index contributed by atoms with van der Waals surface area (Å²) in [6.45, 7) is 7.75. The molecule has 1 N–H and O–H groups in total. The Labute approximate surface area is 118 Å². The zero-order valence-electron chi connectivity index (χ0n) is 13.0. The summed E-state index contributed by atoms with van der Waals surface area (Å²) < 4.78 is 11.7. The molecule has 0 aromatic carbocycles. The SMILES string of the molecule is CNC(CCCC1CCCO1)C1C(C)OC(C)C1C. The second kappa shape index (κ2) is 7.05. The first-order chi connectivity index (χ1) is 9.13. The van der Waals surface area contributed by atoms with E-state index in [1.807, 2.05) is 0 Å². The van der Waals surface area contributed by atoms with Gasteiger partial charge in [-0.2, -0.15) is 0 Å². The van der Waals surface area contributed by atoms with Gasteiger partial charge in [0.25, 0.3) is 0 Å². The molecule has 0 radical (unpaired) electrons. The maximum absolute atomic E-state index is 5.98. The highest BCUT2D eigenvalue weighted by molar-refractivity contribution is 4.91. The van der Waals surface area contributed by atoms with Crippen LogP contribution in [0.15, 0.2) is 0 Å². The average Bonchev–Trinajstić information content (AvgIpc) is 2.97. The molecule has 0 aromatic rings. The van der Waals surface area contributed by atoms with Gasteiger partial charge in [-0.25, -0.2) is 0 Å². The topological polar surface area (TPSA) is 30.5 Å². The predicted octanol–water partition coefficient (Wildman–Crippen LogP) is 2.98. The van der Waals surface area contributed by atoms with Crippen molar-refractivity contribution in [2.45, 2.75) is 77.2 Å². The van der Waals surface area contributed by atoms with Crippen molar-refractivity contribution in [1.82, 2.24) is 5.32 Å². The van der Waals surface area contributed by atoms with Crippen LogP contribution in [0.25, 0.3) is 0 Å². The van der Waals surface area contributed by atoms with Crippen LogP contribution in [0, 0.1) is 11.8 Å². The van der Waals surface area contributed by atoms with Crippen LogP contribution in [0.5, 0.6) is 0 Å². The summed E-state index contributed by atoms with van der Waals surface area (Å²) in [6.07, 6.45) is 7.56. The summed E-state index contributed by atoms with van der Waals surface area (Å²) in [5.74, 6) is 1.29. The molecule has 6 unspecified atom stereocenters. The Morgan fingerprint density at radius 1 is 1.21 bits per heavy atom. The van der Waals surface area contributed by atoms with E-state index in [1.54, 1.807) is 0 Å². The first kappa shape index (κ1) is 15.3. The summed E-state index contributed by atoms with van der Waals surface area (Å²) in [7, 11) is 2.10. The monoisotopic (exact) mass is 269 g/mol. The second-order valence-electron chi connectivity index (χ2n) is 6.44. The van der Waals surface area contributed by atoms with E-state index in [0.29, 0.717) is 36.2 Å². The Morgan fingerprint density at radius 2 is 2.00 bits per heavy atom. The maximum atomic E-state index is 5.98. The van der Waals surface area contributed by atoms with Crippen molar-refractivity contribution in [2.75, 3.05) is 13.7 Å². The first-order valence-corrected chi connectivity index (χ1v) is 8.07. The highest BCUT2D eigenvalue weighted by Gasteiger charge is 2.40. The summed E-state index contributed by atoms with van der Waals surface area (Å²) in [5, 5.41) is 3.53. The van der Waals surface area contributed by atoms with Gasteiger partial charge in [0.1, 0.15) is 0 Å². The van der Waals surface area contributed by atoms with Gasteiger partial charge in [-0.15, -0.1) is 0 Å². The van der Waals surface area contributed by atoms with Crippen LogP contribution in [-0.4, -0.2) is 38.0 Å². The molecule has 112 valence electrons. The molecule has 0 saturated carbocycles. The molecule has 0 amide bonds. The van der Waals surface area contributed by atoms with E-state index in [4.69, 9.17) is 9.47 Å². The number of nitrogens with one attached hydrogen (secondary N) is 1. The standard InChI is InChI=1S/C16H31NO2/c1-11-12(2)19-13(3)16(11)15(17-4)9-5-7-14-8-6-10-18-14/h11-17H,5-10H2,1-4H3. The van der Waals surface area contributed by atoms with Gasteiger partial charge in [0.2, 0.25) is 0 Å². The highest BCUT2D eigenvalue weighted by Crippen LogP contribution is 2.36. The van der Waals surface area contributed by atoms with Crippen LogP contribution >= 0.6 is 0 Å². The van der Waals surface area contributed by atoms with Crippen molar-refractivity contribution in [1.29, 1.82) is 0 Å². The fourth-order valence-corrected chi connectivity index (χ4v) is 3.95. The molecule has 0 bridgehead atoms. The number of hydrogen-bond acceptors (Lipinski definition) is 3. The van der Waals surface area contributed by atoms with Gasteiger partial charge in [-0.1, -0.05) is 6.92 Å². The van der Waals surface area contributed by atoms with E-state index in [0.717, 1.165) is 6.61 Å². The summed E-state index contributed by atoms with van der Waals surface area (Å²) >= 11 is 0. The molecule has 0 spiro atoms. The van der Waals surface area contributed by atoms with Crippen LogP contribution < -0.4 is 5.32 Å². The summed E-state index contributed by atoms with van der Waals surface area (Å²) in [4.78, 5) is 0. The fraction of sp³-hybridized carbons (Fsp3) is 1.00. The molecule has 6 atom stereocenters. The minimum absolute atomic E-state index is 0.380. The summed E-state index contributed by atoms with van der Waals surface area (Å²) in [5.41, 5.74) is 0. The minimum atomic E-state index is 0.380. The quantitative estimate of drug-likeness (QED) is 0.804. The third-order valence-electron chi connectivity index (χ3n) is 5.22. The number of hydrogen-bond donors (Lipinski definition) is 1. The minimum Gasteiger partial charge on any atom is -0.378 e. The molecule has 19 heavy (non-hydrogen) atoms. The van der Waals surface area contributed by atoms with Crippen LogP contribution in [0.2, 0.25) is 0 Å². The van der Waals surface area contributed by atoms with Crippen molar-refractivity contribution in [2.24, 2.45) is 11.8 Å². The van der Waals surface area contributed by atoms with Gasteiger partial charge < -0.3 is 14.8 Å². The molecule has 2 fully saturated rings. The Kier molecular flexibility index (Phi) is 5.67. The normalized spacial score (nSPS) is 40.7. The van der Waals surface area contributed by atoms with E-state index in [1.165, 1.54) is 32.1 Å². The molecule has 0 aliphatic carbocycles. The lowest BCUT2D eigenvalue weighted by molar-refractivity contribution is 0.0470. The largest absolute Gasteiger partial charge is 0.378 e. The lowest BCUT2D eigenvalue weighted by Crippen LogP contribution is -2.40. The van der Waals surface area contributed by atoms with E-state index in [9.17, 15) is 0 Å². The summed E-state index contributed by atoms with van der Waals surface area (Å²) in [6, 6.07) is 0.580. The van der Waals surface area contributed by atoms with Gasteiger partial charge in [0.05, 0.1) is 18.3 Å². The maximum Gasteiger partial charge on any atom is 0.0597 e. The van der Waals surface area contributed by atoms with Crippen molar-refractivity contribution < 1.29 is 9.47 Å². The van der Waals surface area contributed by atoms with Gasteiger partial charge in [-0.05, 0) is 58.9 Å². The third kappa shape index (κ3) is 3.71. The number of rotatable bonds is 6. The van der Waals surface area contributed by atoms with Crippen LogP contribution in [0.4, 0.5) is 0 Å². The molecule has 0 aromatic heterocycles. The first-order valence-electron chi connectivity index (χ1n) is 8.07. The lowest BCUT2D eigenvalue weighted by Gasteiger charge is -2.29. The zero-order valence-corrected chi connectivity index (χ0v) is 13.0. The van der Waals surface area contributed by atoms with Gasteiger partial charge >= 0.3 is 0 Å². The highest BCUT2D eigenvalue weighted by atomic mass is 16.5. The molecule has 3 heteroatoms. The molecule has 3 nitrogen and oxygen atoms in total. The van der Waals surface area contributed by atoms with Crippen molar-refractivity contribution in [3.63, 3.8) is 0 Å². The Balaban J connectivity index is 1.78. The third-order valence-corrected chi connectivity index (χ3v) is 5.22. The molecule has 2 aliphatic heterocycles. The van der Waals surface area contributed by atoms with Gasteiger partial charge in [0, 0.05) is 18.6 Å². The van der Waals surface area contributed by atoms with Crippen molar-refractivity contribution >= 4 is 0 Å². The van der Waals surface area contributed by atoms with Crippen LogP contribution in [0.3, 0.4) is 0 Å². The molecule has 2 rings (SSSR count). The average molecular weight is 269 g/mol. The Bertz CT molecular complexity index is 265. The van der Waals surface area contributed by atoms with E-state index < -0.39 is 0 Å². The zero-order chi connectivity index (χ0) is 13.8. The van der Waals surface area contributed by atoms with Gasteiger partial charge in [0.15, 0.2) is 0 Å². The Hall–Kier alpha value is -0.120. The number of ether oxygens (including phenoxy) is 2. The predicted molar refractivity (Wildman–Crippen MR) is 78.3 cm³/mol. The molecular formula is C16H31NO2.